The minimum absolute atomic E-state index is 0.000927. The third-order valence-corrected chi connectivity index (χ3v) is 4.06. The summed E-state index contributed by atoms with van der Waals surface area (Å²) in [7, 11) is 0. The molecule has 0 radical (unpaired) electrons. The molecule has 0 saturated carbocycles. The third-order valence-electron chi connectivity index (χ3n) is 2.79. The molecule has 0 aliphatic heterocycles. The van der Waals surface area contributed by atoms with Gasteiger partial charge < -0.3 is 9.47 Å². The van der Waals surface area contributed by atoms with Crippen LogP contribution in [-0.4, -0.2) is 19.0 Å². The molecule has 0 spiro atoms. The Bertz CT molecular complexity index is 575. The first kappa shape index (κ1) is 14.6. The van der Waals surface area contributed by atoms with Crippen LogP contribution in [0.3, 0.4) is 0 Å². The lowest BCUT2D eigenvalue weighted by Gasteiger charge is -2.10. The van der Waals surface area contributed by atoms with Crippen molar-refractivity contribution in [3.8, 4) is 11.5 Å². The van der Waals surface area contributed by atoms with Gasteiger partial charge in [-0.3, -0.25) is 4.79 Å². The first-order valence-corrected chi connectivity index (χ1v) is 7.52. The number of hydrogen-bond donors (Lipinski definition) is 0. The number of carbonyl (C=O) groups is 1. The van der Waals surface area contributed by atoms with Crippen molar-refractivity contribution in [2.24, 2.45) is 0 Å². The van der Waals surface area contributed by atoms with Gasteiger partial charge in [0, 0.05) is 4.88 Å². The van der Waals surface area contributed by atoms with E-state index >= 15 is 0 Å². The van der Waals surface area contributed by atoms with Gasteiger partial charge in [0.1, 0.15) is 0 Å². The second-order valence-corrected chi connectivity index (χ2v) is 5.38. The lowest BCUT2D eigenvalue weighted by atomic mass is 10.3. The van der Waals surface area contributed by atoms with Crippen LogP contribution >= 0.6 is 11.3 Å². The van der Waals surface area contributed by atoms with Crippen LogP contribution in [0.15, 0.2) is 36.4 Å². The van der Waals surface area contributed by atoms with Crippen molar-refractivity contribution in [3.63, 3.8) is 0 Å². The van der Waals surface area contributed by atoms with Crippen LogP contribution in [0.5, 0.6) is 11.5 Å². The Morgan fingerprint density at radius 3 is 2.35 bits per heavy atom. The minimum atomic E-state index is 0.000927. The largest absolute Gasteiger partial charge is 0.490 e. The van der Waals surface area contributed by atoms with Crippen molar-refractivity contribution < 1.29 is 14.3 Å². The maximum absolute atomic E-state index is 12.1. The van der Waals surface area contributed by atoms with Gasteiger partial charge in [-0.25, -0.2) is 0 Å². The van der Waals surface area contributed by atoms with Crippen LogP contribution in [-0.2, 0) is 6.42 Å². The molecule has 106 valence electrons. The van der Waals surface area contributed by atoms with E-state index in [2.05, 4.69) is 6.92 Å². The number of benzene rings is 1. The molecule has 0 amide bonds. The van der Waals surface area contributed by atoms with Crippen molar-refractivity contribution in [2.45, 2.75) is 20.3 Å². The normalized spacial score (nSPS) is 10.3. The van der Waals surface area contributed by atoms with E-state index in [-0.39, 0.29) is 12.4 Å². The monoisotopic (exact) mass is 290 g/mol. The number of ether oxygens (including phenoxy) is 2. The van der Waals surface area contributed by atoms with E-state index in [4.69, 9.17) is 9.47 Å². The number of rotatable bonds is 7. The van der Waals surface area contributed by atoms with E-state index < -0.39 is 0 Å². The first-order chi connectivity index (χ1) is 9.74. The molecule has 0 N–H and O–H groups in total. The zero-order chi connectivity index (χ0) is 14.4. The molecule has 2 rings (SSSR count). The topological polar surface area (TPSA) is 35.5 Å². The Morgan fingerprint density at radius 1 is 1.05 bits per heavy atom. The fraction of sp³-hybridized carbons (Fsp3) is 0.312. The molecule has 0 bridgehead atoms. The molecular formula is C16H18O3S. The van der Waals surface area contributed by atoms with Crippen LogP contribution in [0.2, 0.25) is 0 Å². The molecule has 0 saturated heterocycles. The van der Waals surface area contributed by atoms with Gasteiger partial charge in [0.05, 0.1) is 11.5 Å². The lowest BCUT2D eigenvalue weighted by molar-refractivity contribution is 0.0923. The quantitative estimate of drug-likeness (QED) is 0.724. The van der Waals surface area contributed by atoms with Gasteiger partial charge in [-0.15, -0.1) is 11.3 Å². The molecule has 1 aromatic heterocycles. The average molecular weight is 290 g/mol. The third kappa shape index (κ3) is 3.61. The number of thiophene rings is 1. The highest BCUT2D eigenvalue weighted by Gasteiger charge is 2.11. The van der Waals surface area contributed by atoms with E-state index in [1.165, 1.54) is 16.2 Å². The summed E-state index contributed by atoms with van der Waals surface area (Å²) in [6, 6.07) is 11.2. The standard InChI is InChI=1S/C16H18O3S/c1-3-12-9-10-16(20-12)13(17)11-19-15-8-6-5-7-14(15)18-4-2/h5-10H,3-4,11H2,1-2H3. The number of aryl methyl sites for hydroxylation is 1. The highest BCUT2D eigenvalue weighted by molar-refractivity contribution is 7.14. The summed E-state index contributed by atoms with van der Waals surface area (Å²) in [5.41, 5.74) is 0. The Balaban J connectivity index is 1.99. The van der Waals surface area contributed by atoms with E-state index in [0.717, 1.165) is 11.3 Å². The summed E-state index contributed by atoms with van der Waals surface area (Å²) in [5, 5.41) is 0. The van der Waals surface area contributed by atoms with Crippen molar-refractivity contribution >= 4 is 17.1 Å². The Labute approximate surface area is 123 Å². The van der Waals surface area contributed by atoms with Crippen LogP contribution in [0, 0.1) is 0 Å². The molecule has 4 heteroatoms. The number of carbonyl (C=O) groups excluding carboxylic acids is 1. The number of para-hydroxylation sites is 2. The molecular weight excluding hydrogens is 272 g/mol. The van der Waals surface area contributed by atoms with Crippen molar-refractivity contribution in [1.82, 2.24) is 0 Å². The molecule has 20 heavy (non-hydrogen) atoms. The molecule has 3 nitrogen and oxygen atoms in total. The number of hydrogen-bond acceptors (Lipinski definition) is 4. The fourth-order valence-corrected chi connectivity index (χ4v) is 2.65. The van der Waals surface area contributed by atoms with Gasteiger partial charge in [0.2, 0.25) is 5.78 Å². The van der Waals surface area contributed by atoms with Crippen LogP contribution < -0.4 is 9.47 Å². The lowest BCUT2D eigenvalue weighted by Crippen LogP contribution is -2.10. The van der Waals surface area contributed by atoms with Crippen LogP contribution in [0.25, 0.3) is 0 Å². The van der Waals surface area contributed by atoms with Gasteiger partial charge in [-0.1, -0.05) is 19.1 Å². The maximum Gasteiger partial charge on any atom is 0.210 e. The van der Waals surface area contributed by atoms with Gasteiger partial charge >= 0.3 is 0 Å². The SMILES string of the molecule is CCOc1ccccc1OCC(=O)c1ccc(CC)s1. The summed E-state index contributed by atoms with van der Waals surface area (Å²) in [5.74, 6) is 1.28. The van der Waals surface area contributed by atoms with E-state index in [1.807, 2.05) is 43.3 Å². The predicted octanol–water partition coefficient (Wildman–Crippen LogP) is 3.97. The van der Waals surface area contributed by atoms with Crippen molar-refractivity contribution in [1.29, 1.82) is 0 Å². The van der Waals surface area contributed by atoms with Crippen LogP contribution in [0.4, 0.5) is 0 Å². The van der Waals surface area contributed by atoms with E-state index in [9.17, 15) is 4.79 Å². The van der Waals surface area contributed by atoms with E-state index in [1.54, 1.807) is 0 Å². The highest BCUT2D eigenvalue weighted by Crippen LogP contribution is 2.26. The Kier molecular flexibility index (Phi) is 5.18. The zero-order valence-corrected chi connectivity index (χ0v) is 12.5. The summed E-state index contributed by atoms with van der Waals surface area (Å²) in [6.45, 7) is 4.60. The Morgan fingerprint density at radius 2 is 1.75 bits per heavy atom. The fourth-order valence-electron chi connectivity index (χ4n) is 1.78. The minimum Gasteiger partial charge on any atom is -0.490 e. The first-order valence-electron chi connectivity index (χ1n) is 6.71. The number of Topliss-reactive ketones (excluding diaryl/α,β-unsaturated/α-hetero) is 1. The molecule has 2 aromatic rings. The van der Waals surface area contributed by atoms with Gasteiger partial charge in [-0.05, 0) is 37.6 Å². The molecule has 0 unspecified atom stereocenters. The number of ketones is 1. The highest BCUT2D eigenvalue weighted by atomic mass is 32.1. The summed E-state index contributed by atoms with van der Waals surface area (Å²) < 4.78 is 11.0. The molecule has 0 aliphatic carbocycles. The summed E-state index contributed by atoms with van der Waals surface area (Å²) in [4.78, 5) is 14.0. The predicted molar refractivity (Wildman–Crippen MR) is 81.1 cm³/mol. The summed E-state index contributed by atoms with van der Waals surface area (Å²) >= 11 is 1.53. The van der Waals surface area contributed by atoms with Crippen molar-refractivity contribution in [3.05, 3.63) is 46.2 Å². The second-order valence-electron chi connectivity index (χ2n) is 4.21. The molecule has 0 aliphatic rings. The molecule has 1 heterocycles. The molecule has 0 fully saturated rings. The maximum atomic E-state index is 12.1. The molecule has 0 atom stereocenters. The Hall–Kier alpha value is -1.81. The average Bonchev–Trinajstić information content (AvgIpc) is 2.95. The smallest absolute Gasteiger partial charge is 0.210 e. The summed E-state index contributed by atoms with van der Waals surface area (Å²) in [6.07, 6.45) is 0.950. The van der Waals surface area contributed by atoms with Gasteiger partial charge in [0.25, 0.3) is 0 Å². The van der Waals surface area contributed by atoms with Crippen molar-refractivity contribution in [2.75, 3.05) is 13.2 Å². The van der Waals surface area contributed by atoms with E-state index in [0.29, 0.717) is 18.1 Å². The zero-order valence-electron chi connectivity index (χ0n) is 11.7. The van der Waals surface area contributed by atoms with Crippen LogP contribution in [0.1, 0.15) is 28.4 Å². The molecule has 1 aromatic carbocycles. The van der Waals surface area contributed by atoms with Gasteiger partial charge in [-0.2, -0.15) is 0 Å². The second kappa shape index (κ2) is 7.10. The van der Waals surface area contributed by atoms with Gasteiger partial charge in [0.15, 0.2) is 18.1 Å².